The van der Waals surface area contributed by atoms with Crippen molar-refractivity contribution in [2.45, 2.75) is 32.9 Å². The SMILES string of the molecule is CCN(CC)P(Br)(Cc1ccccc1)(c1ccccc1)N1CCCC1. The van der Waals surface area contributed by atoms with E-state index in [1.54, 1.807) is 0 Å². The Balaban J connectivity index is 2.23. The van der Waals surface area contributed by atoms with Gasteiger partial charge in [-0.15, -0.1) is 0 Å². The van der Waals surface area contributed by atoms with Gasteiger partial charge in [0.2, 0.25) is 0 Å². The van der Waals surface area contributed by atoms with E-state index in [9.17, 15) is 0 Å². The number of benzene rings is 2. The van der Waals surface area contributed by atoms with Crippen LogP contribution in [0.15, 0.2) is 60.7 Å². The van der Waals surface area contributed by atoms with E-state index in [0.717, 1.165) is 19.3 Å². The summed E-state index contributed by atoms with van der Waals surface area (Å²) in [6.07, 6.45) is 3.65. The van der Waals surface area contributed by atoms with Gasteiger partial charge in [0.05, 0.1) is 0 Å². The maximum absolute atomic E-state index is 4.53. The van der Waals surface area contributed by atoms with Crippen molar-refractivity contribution in [3.8, 4) is 0 Å². The molecular weight excluding hydrogens is 391 g/mol. The Morgan fingerprint density at radius 2 is 1.40 bits per heavy atom. The van der Waals surface area contributed by atoms with Crippen LogP contribution in [0.25, 0.3) is 0 Å². The number of nitrogens with zero attached hydrogens (tertiary/aromatic N) is 2. The molecule has 0 amide bonds. The summed E-state index contributed by atoms with van der Waals surface area (Å²) >= 11 is 4.53. The van der Waals surface area contributed by atoms with Crippen LogP contribution in [-0.2, 0) is 6.16 Å². The van der Waals surface area contributed by atoms with Crippen molar-refractivity contribution in [3.63, 3.8) is 0 Å². The molecule has 1 saturated heterocycles. The Morgan fingerprint density at radius 1 is 0.880 bits per heavy atom. The Bertz CT molecular complexity index is 665. The predicted octanol–water partition coefficient (Wildman–Crippen LogP) is 5.64. The first kappa shape index (κ1) is 19.0. The van der Waals surface area contributed by atoms with Crippen LogP contribution in [0.3, 0.4) is 0 Å². The second-order valence-electron chi connectivity index (χ2n) is 6.86. The minimum absolute atomic E-state index is 1.05. The molecule has 1 fully saturated rings. The molecule has 1 aliphatic rings. The number of hydrogen-bond acceptors (Lipinski definition) is 2. The van der Waals surface area contributed by atoms with Crippen LogP contribution in [0.5, 0.6) is 0 Å². The molecule has 25 heavy (non-hydrogen) atoms. The summed E-state index contributed by atoms with van der Waals surface area (Å²) < 4.78 is 5.51. The fraction of sp³-hybridized carbons (Fsp3) is 0.429. The molecule has 0 radical (unpaired) electrons. The van der Waals surface area contributed by atoms with Gasteiger partial charge in [-0.2, -0.15) is 0 Å². The predicted molar refractivity (Wildman–Crippen MR) is 116 cm³/mol. The molecule has 3 rings (SSSR count). The number of hydrogen-bond donors (Lipinski definition) is 0. The van der Waals surface area contributed by atoms with E-state index in [1.807, 2.05) is 0 Å². The van der Waals surface area contributed by atoms with Gasteiger partial charge >= 0.3 is 161 Å². The van der Waals surface area contributed by atoms with Gasteiger partial charge in [0.1, 0.15) is 0 Å². The summed E-state index contributed by atoms with van der Waals surface area (Å²) in [4.78, 5) is 0. The summed E-state index contributed by atoms with van der Waals surface area (Å²) in [6, 6.07) is 22.2. The topological polar surface area (TPSA) is 6.48 Å². The Morgan fingerprint density at radius 3 is 1.92 bits per heavy atom. The van der Waals surface area contributed by atoms with E-state index in [0.29, 0.717) is 0 Å². The van der Waals surface area contributed by atoms with Crippen LogP contribution in [0, 0.1) is 0 Å². The molecule has 0 saturated carbocycles. The van der Waals surface area contributed by atoms with Crippen LogP contribution in [0.1, 0.15) is 32.3 Å². The van der Waals surface area contributed by atoms with E-state index in [2.05, 4.69) is 99.3 Å². The van der Waals surface area contributed by atoms with Crippen molar-refractivity contribution in [1.29, 1.82) is 0 Å². The molecule has 0 unspecified atom stereocenters. The third-order valence-corrected chi connectivity index (χ3v) is 15.7. The molecule has 0 aliphatic carbocycles. The molecule has 0 aromatic heterocycles. The van der Waals surface area contributed by atoms with Gasteiger partial charge in [0, 0.05) is 0 Å². The summed E-state index contributed by atoms with van der Waals surface area (Å²) in [6.45, 7) is 9.07. The average Bonchev–Trinajstić information content (AvgIpc) is 3.20. The fourth-order valence-electron chi connectivity index (χ4n) is 4.33. The van der Waals surface area contributed by atoms with E-state index < -0.39 is 5.61 Å². The second kappa shape index (κ2) is 7.88. The first-order valence-corrected chi connectivity index (χ1v) is 13.8. The number of halogens is 1. The molecule has 0 bridgehead atoms. The summed E-state index contributed by atoms with van der Waals surface area (Å²) in [5.41, 5.74) is -1.22. The standard InChI is InChI=1S/C21H30BrN2P/c1-3-23(4-2)25(22,24-17-11-12-18-24,21-15-9-6-10-16-21)19-20-13-7-5-8-14-20/h5-10,13-16H,3-4,11-12,17-19H2,1-2H3. The van der Waals surface area contributed by atoms with Crippen LogP contribution in [0.4, 0.5) is 0 Å². The van der Waals surface area contributed by atoms with Gasteiger partial charge in [-0.05, 0) is 0 Å². The molecule has 0 N–H and O–H groups in total. The molecule has 2 aromatic carbocycles. The van der Waals surface area contributed by atoms with E-state index in [1.165, 1.54) is 36.8 Å². The Labute approximate surface area is 161 Å². The quantitative estimate of drug-likeness (QED) is 0.534. The third kappa shape index (κ3) is 3.32. The third-order valence-electron chi connectivity index (χ3n) is 5.54. The maximum atomic E-state index is 4.53. The van der Waals surface area contributed by atoms with Crippen molar-refractivity contribution in [3.05, 3.63) is 66.2 Å². The van der Waals surface area contributed by atoms with E-state index >= 15 is 0 Å². The zero-order chi connectivity index (χ0) is 17.8. The zero-order valence-electron chi connectivity index (χ0n) is 15.4. The van der Waals surface area contributed by atoms with Gasteiger partial charge in [-0.25, -0.2) is 0 Å². The molecule has 0 spiro atoms. The van der Waals surface area contributed by atoms with Crippen LogP contribution >= 0.6 is 21.1 Å². The van der Waals surface area contributed by atoms with E-state index in [-0.39, 0.29) is 0 Å². The van der Waals surface area contributed by atoms with Crippen molar-refractivity contribution < 1.29 is 0 Å². The first-order chi connectivity index (χ1) is 12.1. The Hall–Kier alpha value is -0.730. The Kier molecular flexibility index (Phi) is 6.00. The monoisotopic (exact) mass is 420 g/mol. The zero-order valence-corrected chi connectivity index (χ0v) is 17.9. The van der Waals surface area contributed by atoms with Crippen molar-refractivity contribution >= 4 is 26.4 Å². The molecule has 2 aromatic rings. The van der Waals surface area contributed by atoms with Crippen molar-refractivity contribution in [2.24, 2.45) is 0 Å². The van der Waals surface area contributed by atoms with E-state index in [4.69, 9.17) is 0 Å². The molecule has 0 atom stereocenters. The van der Waals surface area contributed by atoms with Crippen LogP contribution < -0.4 is 5.30 Å². The van der Waals surface area contributed by atoms with Gasteiger partial charge in [0.25, 0.3) is 0 Å². The van der Waals surface area contributed by atoms with Crippen molar-refractivity contribution in [2.75, 3.05) is 26.2 Å². The molecular formula is C21H30BrN2P. The molecule has 2 nitrogen and oxygen atoms in total. The summed E-state index contributed by atoms with van der Waals surface area (Å²) in [5, 5.41) is 1.46. The first-order valence-electron chi connectivity index (χ1n) is 9.46. The molecule has 136 valence electrons. The van der Waals surface area contributed by atoms with Gasteiger partial charge in [0.15, 0.2) is 0 Å². The van der Waals surface area contributed by atoms with Gasteiger partial charge < -0.3 is 0 Å². The van der Waals surface area contributed by atoms with Crippen LogP contribution in [-0.4, -0.2) is 35.5 Å². The molecule has 1 aliphatic heterocycles. The van der Waals surface area contributed by atoms with Crippen LogP contribution in [0.2, 0.25) is 0 Å². The second-order valence-corrected chi connectivity index (χ2v) is 15.5. The number of rotatable bonds is 7. The van der Waals surface area contributed by atoms with Gasteiger partial charge in [-0.1, -0.05) is 0 Å². The minimum atomic E-state index is -2.64. The normalized spacial score (nSPS) is 17.5. The average molecular weight is 421 g/mol. The van der Waals surface area contributed by atoms with Crippen molar-refractivity contribution in [1.82, 2.24) is 9.34 Å². The molecule has 4 heteroatoms. The summed E-state index contributed by atoms with van der Waals surface area (Å²) in [7, 11) is 0. The van der Waals surface area contributed by atoms with Gasteiger partial charge in [-0.3, -0.25) is 0 Å². The molecule has 1 heterocycles. The summed E-state index contributed by atoms with van der Waals surface area (Å²) in [5.74, 6) is 0. The fourth-order valence-corrected chi connectivity index (χ4v) is 13.7.